The zero-order valence-corrected chi connectivity index (χ0v) is 10.8. The second-order valence-corrected chi connectivity index (χ2v) is 3.86. The minimum absolute atomic E-state index is 0.0310. The quantitative estimate of drug-likeness (QED) is 0.674. The summed E-state index contributed by atoms with van der Waals surface area (Å²) in [6, 6.07) is -0.0310. The molecule has 1 unspecified atom stereocenters. The fourth-order valence-corrected chi connectivity index (χ4v) is 1.68. The van der Waals surface area contributed by atoms with Gasteiger partial charge in [0.1, 0.15) is 5.78 Å². The molecule has 0 N–H and O–H groups in total. The van der Waals surface area contributed by atoms with Gasteiger partial charge < -0.3 is 9.64 Å². The van der Waals surface area contributed by atoms with Gasteiger partial charge in [-0.1, -0.05) is 13.8 Å². The highest BCUT2D eigenvalue weighted by Crippen LogP contribution is 2.12. The molecule has 0 aliphatic rings. The van der Waals surface area contributed by atoms with Gasteiger partial charge in [0.25, 0.3) is 0 Å². The molecule has 0 aromatic carbocycles. The Morgan fingerprint density at radius 3 is 2.25 bits per heavy atom. The van der Waals surface area contributed by atoms with Crippen LogP contribution in [0.25, 0.3) is 0 Å². The first-order valence-electron chi connectivity index (χ1n) is 5.99. The summed E-state index contributed by atoms with van der Waals surface area (Å²) in [5.74, 6) is 0.109. The molecule has 0 saturated heterocycles. The molecule has 1 amide bonds. The second-order valence-electron chi connectivity index (χ2n) is 3.86. The number of carbonyl (C=O) groups excluding carboxylic acids is 2. The van der Waals surface area contributed by atoms with Crippen molar-refractivity contribution in [1.29, 1.82) is 0 Å². The average Bonchev–Trinajstić information content (AvgIpc) is 2.23. The van der Waals surface area contributed by atoms with E-state index in [9.17, 15) is 9.59 Å². The molecule has 16 heavy (non-hydrogen) atoms. The molecule has 1 atom stereocenters. The van der Waals surface area contributed by atoms with Crippen molar-refractivity contribution >= 4 is 11.9 Å². The number of ether oxygens (including phenoxy) is 1. The molecule has 0 aliphatic heterocycles. The zero-order chi connectivity index (χ0) is 12.6. The molecule has 0 aromatic heterocycles. The largest absolute Gasteiger partial charge is 0.450 e. The van der Waals surface area contributed by atoms with Gasteiger partial charge in [0.05, 0.1) is 6.61 Å². The van der Waals surface area contributed by atoms with Crippen LogP contribution in [0.3, 0.4) is 0 Å². The average molecular weight is 229 g/mol. The van der Waals surface area contributed by atoms with Gasteiger partial charge >= 0.3 is 6.09 Å². The van der Waals surface area contributed by atoms with Crippen molar-refractivity contribution in [2.75, 3.05) is 13.2 Å². The third-order valence-corrected chi connectivity index (χ3v) is 2.40. The Labute approximate surface area is 98.0 Å². The lowest BCUT2D eigenvalue weighted by atomic mass is 10.1. The van der Waals surface area contributed by atoms with E-state index >= 15 is 0 Å². The summed E-state index contributed by atoms with van der Waals surface area (Å²) in [5.41, 5.74) is 0. The van der Waals surface area contributed by atoms with Crippen LogP contribution < -0.4 is 0 Å². The van der Waals surface area contributed by atoms with Crippen molar-refractivity contribution in [1.82, 2.24) is 4.90 Å². The van der Waals surface area contributed by atoms with E-state index in [1.807, 2.05) is 13.8 Å². The Balaban J connectivity index is 4.56. The van der Waals surface area contributed by atoms with Gasteiger partial charge in [-0.25, -0.2) is 4.79 Å². The van der Waals surface area contributed by atoms with Crippen LogP contribution in [-0.2, 0) is 9.53 Å². The van der Waals surface area contributed by atoms with Crippen molar-refractivity contribution in [3.05, 3.63) is 0 Å². The molecule has 0 spiro atoms. The Kier molecular flexibility index (Phi) is 7.60. The lowest BCUT2D eigenvalue weighted by Crippen LogP contribution is -2.41. The van der Waals surface area contributed by atoms with Crippen LogP contribution in [-0.4, -0.2) is 36.0 Å². The molecular formula is C12H23NO3. The van der Waals surface area contributed by atoms with E-state index in [1.54, 1.807) is 18.7 Å². The molecule has 0 aliphatic carbocycles. The molecule has 94 valence electrons. The van der Waals surface area contributed by atoms with Crippen LogP contribution in [0.2, 0.25) is 0 Å². The number of amides is 1. The van der Waals surface area contributed by atoms with Gasteiger partial charge in [-0.3, -0.25) is 4.79 Å². The van der Waals surface area contributed by atoms with Crippen molar-refractivity contribution < 1.29 is 14.3 Å². The molecule has 0 saturated carbocycles. The normalized spacial score (nSPS) is 12.0. The van der Waals surface area contributed by atoms with Crippen LogP contribution in [0.4, 0.5) is 4.79 Å². The summed E-state index contributed by atoms with van der Waals surface area (Å²) in [6.45, 7) is 8.34. The van der Waals surface area contributed by atoms with E-state index in [4.69, 9.17) is 4.74 Å². The van der Waals surface area contributed by atoms with E-state index < -0.39 is 0 Å². The minimum Gasteiger partial charge on any atom is -0.450 e. The van der Waals surface area contributed by atoms with Crippen LogP contribution in [0.1, 0.15) is 47.0 Å². The lowest BCUT2D eigenvalue weighted by molar-refractivity contribution is -0.118. The van der Waals surface area contributed by atoms with Gasteiger partial charge in [-0.05, 0) is 26.7 Å². The number of hydrogen-bond acceptors (Lipinski definition) is 3. The topological polar surface area (TPSA) is 46.6 Å². The third kappa shape index (κ3) is 5.14. The summed E-state index contributed by atoms with van der Waals surface area (Å²) < 4.78 is 5.00. The van der Waals surface area contributed by atoms with Crippen molar-refractivity contribution in [2.24, 2.45) is 0 Å². The number of carbonyl (C=O) groups is 2. The molecular weight excluding hydrogens is 206 g/mol. The fraction of sp³-hybridized carbons (Fsp3) is 0.833. The highest BCUT2D eigenvalue weighted by molar-refractivity contribution is 5.77. The number of nitrogens with zero attached hydrogens (tertiary/aromatic N) is 1. The first kappa shape index (κ1) is 14.9. The Hall–Kier alpha value is -1.06. The van der Waals surface area contributed by atoms with Gasteiger partial charge in [-0.2, -0.15) is 0 Å². The van der Waals surface area contributed by atoms with E-state index in [0.717, 1.165) is 12.8 Å². The first-order chi connectivity index (χ1) is 7.56. The molecule has 4 heteroatoms. The highest BCUT2D eigenvalue weighted by Gasteiger charge is 2.23. The maximum absolute atomic E-state index is 11.7. The van der Waals surface area contributed by atoms with Crippen molar-refractivity contribution in [3.63, 3.8) is 0 Å². The van der Waals surface area contributed by atoms with Crippen molar-refractivity contribution in [3.8, 4) is 0 Å². The molecule has 0 heterocycles. The first-order valence-corrected chi connectivity index (χ1v) is 5.99. The fourth-order valence-electron chi connectivity index (χ4n) is 1.68. The van der Waals surface area contributed by atoms with Gasteiger partial charge in [0, 0.05) is 19.0 Å². The van der Waals surface area contributed by atoms with Gasteiger partial charge in [-0.15, -0.1) is 0 Å². The van der Waals surface area contributed by atoms with Crippen LogP contribution in [0.15, 0.2) is 0 Å². The van der Waals surface area contributed by atoms with Crippen LogP contribution >= 0.6 is 0 Å². The number of hydrogen-bond donors (Lipinski definition) is 0. The monoisotopic (exact) mass is 229 g/mol. The van der Waals surface area contributed by atoms with E-state index in [0.29, 0.717) is 19.6 Å². The minimum atomic E-state index is -0.308. The summed E-state index contributed by atoms with van der Waals surface area (Å²) >= 11 is 0. The van der Waals surface area contributed by atoms with Gasteiger partial charge in [0.15, 0.2) is 0 Å². The third-order valence-electron chi connectivity index (χ3n) is 2.40. The molecule has 0 radical (unpaired) electrons. The van der Waals surface area contributed by atoms with Gasteiger partial charge in [0.2, 0.25) is 0 Å². The lowest BCUT2D eigenvalue weighted by Gasteiger charge is -2.29. The predicted octanol–water partition coefficient (Wildman–Crippen LogP) is 2.61. The van der Waals surface area contributed by atoms with E-state index in [2.05, 4.69) is 0 Å². The zero-order valence-electron chi connectivity index (χ0n) is 10.8. The Morgan fingerprint density at radius 1 is 1.25 bits per heavy atom. The number of rotatable bonds is 7. The summed E-state index contributed by atoms with van der Waals surface area (Å²) in [4.78, 5) is 24.5. The summed E-state index contributed by atoms with van der Waals surface area (Å²) in [7, 11) is 0. The molecule has 4 nitrogen and oxygen atoms in total. The Morgan fingerprint density at radius 2 is 1.88 bits per heavy atom. The smallest absolute Gasteiger partial charge is 0.410 e. The van der Waals surface area contributed by atoms with Crippen LogP contribution in [0.5, 0.6) is 0 Å². The number of ketones is 1. The maximum atomic E-state index is 11.7. The van der Waals surface area contributed by atoms with Crippen LogP contribution in [0, 0.1) is 0 Å². The molecule has 0 fully saturated rings. The number of Topliss-reactive ketones (excluding diaryl/α,β-unsaturated/α-hetero) is 1. The highest BCUT2D eigenvalue weighted by atomic mass is 16.6. The molecule has 0 bridgehead atoms. The molecule has 0 rings (SSSR count). The molecule has 0 aromatic rings. The Bertz CT molecular complexity index is 228. The second kappa shape index (κ2) is 8.13. The SMILES string of the molecule is CCCN(C(=O)OCC)C(CC)CC(C)=O. The standard InChI is InChI=1S/C12H23NO3/c1-5-8-13(12(15)16-7-3)11(6-2)9-10(4)14/h11H,5-9H2,1-4H3. The predicted molar refractivity (Wildman–Crippen MR) is 63.4 cm³/mol. The van der Waals surface area contributed by atoms with Crippen molar-refractivity contribution in [2.45, 2.75) is 53.0 Å². The van der Waals surface area contributed by atoms with E-state index in [-0.39, 0.29) is 17.9 Å². The maximum Gasteiger partial charge on any atom is 0.410 e. The van der Waals surface area contributed by atoms with E-state index in [1.165, 1.54) is 0 Å². The summed E-state index contributed by atoms with van der Waals surface area (Å²) in [6.07, 6.45) is 1.75. The summed E-state index contributed by atoms with van der Waals surface area (Å²) in [5, 5.41) is 0.